The molecular weight excluding hydrogens is 178 g/mol. The summed E-state index contributed by atoms with van der Waals surface area (Å²) in [6.07, 6.45) is 0. The van der Waals surface area contributed by atoms with Crippen molar-refractivity contribution in [3.05, 3.63) is 17.7 Å². The van der Waals surface area contributed by atoms with Crippen molar-refractivity contribution in [1.82, 2.24) is 0 Å². The normalized spacial score (nSPS) is 14.5. The summed E-state index contributed by atoms with van der Waals surface area (Å²) >= 11 is 0. The molecule has 0 radical (unpaired) electrons. The smallest absolute Gasteiger partial charge is 0.163 e. The third kappa shape index (κ3) is 1.50. The van der Waals surface area contributed by atoms with Gasteiger partial charge in [-0.3, -0.25) is 0 Å². The highest BCUT2D eigenvalue weighted by Gasteiger charge is 2.15. The number of hydrogen-bond acceptors (Lipinski definition) is 3. The van der Waals surface area contributed by atoms with Crippen LogP contribution < -0.4 is 15.2 Å². The SMILES string of the molecule is CC(C)c1cc2c(cc1N)OCCO2. The van der Waals surface area contributed by atoms with E-state index >= 15 is 0 Å². The Morgan fingerprint density at radius 2 is 1.71 bits per heavy atom. The quantitative estimate of drug-likeness (QED) is 0.695. The van der Waals surface area contributed by atoms with Crippen molar-refractivity contribution in [1.29, 1.82) is 0 Å². The molecule has 1 aromatic carbocycles. The van der Waals surface area contributed by atoms with Gasteiger partial charge in [0.2, 0.25) is 0 Å². The van der Waals surface area contributed by atoms with Crippen LogP contribution in [0.5, 0.6) is 11.5 Å². The van der Waals surface area contributed by atoms with Crippen LogP contribution >= 0.6 is 0 Å². The van der Waals surface area contributed by atoms with Crippen molar-refractivity contribution in [2.75, 3.05) is 18.9 Å². The summed E-state index contributed by atoms with van der Waals surface area (Å²) in [4.78, 5) is 0. The van der Waals surface area contributed by atoms with E-state index in [1.807, 2.05) is 12.1 Å². The molecule has 0 fully saturated rings. The Labute approximate surface area is 83.8 Å². The van der Waals surface area contributed by atoms with E-state index in [1.54, 1.807) is 0 Å². The zero-order valence-electron chi connectivity index (χ0n) is 8.54. The number of nitrogens with two attached hydrogens (primary N) is 1. The number of fused-ring (bicyclic) bond motifs is 1. The summed E-state index contributed by atoms with van der Waals surface area (Å²) in [6, 6.07) is 3.83. The van der Waals surface area contributed by atoms with Gasteiger partial charge in [0.25, 0.3) is 0 Å². The van der Waals surface area contributed by atoms with Gasteiger partial charge >= 0.3 is 0 Å². The molecule has 3 nitrogen and oxygen atoms in total. The van der Waals surface area contributed by atoms with E-state index < -0.39 is 0 Å². The highest BCUT2D eigenvalue weighted by Crippen LogP contribution is 2.36. The largest absolute Gasteiger partial charge is 0.486 e. The molecule has 0 unspecified atom stereocenters. The summed E-state index contributed by atoms with van der Waals surface area (Å²) in [7, 11) is 0. The van der Waals surface area contributed by atoms with Crippen molar-refractivity contribution < 1.29 is 9.47 Å². The van der Waals surface area contributed by atoms with Crippen molar-refractivity contribution in [2.45, 2.75) is 19.8 Å². The molecule has 1 aliphatic heterocycles. The summed E-state index contributed by atoms with van der Waals surface area (Å²) in [5.74, 6) is 1.98. The minimum atomic E-state index is 0.408. The number of hydrogen-bond donors (Lipinski definition) is 1. The Kier molecular flexibility index (Phi) is 2.23. The highest BCUT2D eigenvalue weighted by molar-refractivity contribution is 5.59. The van der Waals surface area contributed by atoms with Crippen LogP contribution in [0, 0.1) is 0 Å². The van der Waals surface area contributed by atoms with Gasteiger partial charge in [0.15, 0.2) is 11.5 Å². The van der Waals surface area contributed by atoms with E-state index in [0.717, 1.165) is 22.7 Å². The van der Waals surface area contributed by atoms with Crippen LogP contribution in [0.3, 0.4) is 0 Å². The fourth-order valence-corrected chi connectivity index (χ4v) is 1.62. The molecule has 2 N–H and O–H groups in total. The van der Waals surface area contributed by atoms with E-state index in [0.29, 0.717) is 19.1 Å². The number of anilines is 1. The molecular formula is C11H15NO2. The first kappa shape index (κ1) is 9.19. The van der Waals surface area contributed by atoms with Gasteiger partial charge in [-0.05, 0) is 17.5 Å². The predicted molar refractivity (Wildman–Crippen MR) is 55.9 cm³/mol. The van der Waals surface area contributed by atoms with Crippen molar-refractivity contribution in [3.63, 3.8) is 0 Å². The zero-order chi connectivity index (χ0) is 10.1. The average Bonchev–Trinajstić information content (AvgIpc) is 2.16. The lowest BCUT2D eigenvalue weighted by Gasteiger charge is -2.21. The fraction of sp³-hybridized carbons (Fsp3) is 0.455. The molecule has 0 amide bonds. The van der Waals surface area contributed by atoms with Gasteiger partial charge in [-0.1, -0.05) is 13.8 Å². The molecule has 3 heteroatoms. The van der Waals surface area contributed by atoms with Gasteiger partial charge in [0, 0.05) is 11.8 Å². The molecule has 0 aromatic heterocycles. The standard InChI is InChI=1S/C11H15NO2/c1-7(2)8-5-10-11(6-9(8)12)14-4-3-13-10/h5-7H,3-4,12H2,1-2H3. The van der Waals surface area contributed by atoms with Gasteiger partial charge in [0.1, 0.15) is 13.2 Å². The van der Waals surface area contributed by atoms with E-state index in [1.165, 1.54) is 0 Å². The minimum absolute atomic E-state index is 0.408. The number of benzene rings is 1. The second-order valence-corrected chi connectivity index (χ2v) is 3.78. The Hall–Kier alpha value is -1.38. The number of ether oxygens (including phenoxy) is 2. The monoisotopic (exact) mass is 193 g/mol. The first-order valence-electron chi connectivity index (χ1n) is 4.87. The molecule has 1 aromatic rings. The maximum absolute atomic E-state index is 5.91. The van der Waals surface area contributed by atoms with Gasteiger partial charge in [0.05, 0.1) is 0 Å². The summed E-state index contributed by atoms with van der Waals surface area (Å²) in [5.41, 5.74) is 7.81. The number of rotatable bonds is 1. The molecule has 2 rings (SSSR count). The third-order valence-electron chi connectivity index (χ3n) is 2.37. The van der Waals surface area contributed by atoms with Crippen LogP contribution in [0.2, 0.25) is 0 Å². The maximum atomic E-state index is 5.91. The molecule has 1 aliphatic rings. The van der Waals surface area contributed by atoms with Crippen LogP contribution in [0.1, 0.15) is 25.3 Å². The van der Waals surface area contributed by atoms with Crippen LogP contribution in [-0.2, 0) is 0 Å². The molecule has 76 valence electrons. The first-order valence-corrected chi connectivity index (χ1v) is 4.87. The summed E-state index contributed by atoms with van der Waals surface area (Å²) in [5, 5.41) is 0. The van der Waals surface area contributed by atoms with Crippen molar-refractivity contribution >= 4 is 5.69 Å². The molecule has 14 heavy (non-hydrogen) atoms. The summed E-state index contributed by atoms with van der Waals surface area (Å²) in [6.45, 7) is 5.45. The van der Waals surface area contributed by atoms with E-state index in [-0.39, 0.29) is 0 Å². The van der Waals surface area contributed by atoms with Gasteiger partial charge in [-0.2, -0.15) is 0 Å². The molecule has 0 saturated carbocycles. The Morgan fingerprint density at radius 3 is 2.29 bits per heavy atom. The molecule has 1 heterocycles. The molecule has 0 bridgehead atoms. The van der Waals surface area contributed by atoms with Crippen molar-refractivity contribution in [2.24, 2.45) is 0 Å². The Bertz CT molecular complexity index is 347. The second kappa shape index (κ2) is 3.40. The Balaban J connectivity index is 2.45. The fourth-order valence-electron chi connectivity index (χ4n) is 1.62. The maximum Gasteiger partial charge on any atom is 0.163 e. The second-order valence-electron chi connectivity index (χ2n) is 3.78. The highest BCUT2D eigenvalue weighted by atomic mass is 16.6. The van der Waals surface area contributed by atoms with E-state index in [4.69, 9.17) is 15.2 Å². The Morgan fingerprint density at radius 1 is 1.14 bits per heavy atom. The molecule has 0 spiro atoms. The predicted octanol–water partition coefficient (Wildman–Crippen LogP) is 2.16. The molecule has 0 saturated heterocycles. The van der Waals surface area contributed by atoms with Crippen LogP contribution in [0.4, 0.5) is 5.69 Å². The van der Waals surface area contributed by atoms with Gasteiger partial charge < -0.3 is 15.2 Å². The van der Waals surface area contributed by atoms with Gasteiger partial charge in [-0.15, -0.1) is 0 Å². The van der Waals surface area contributed by atoms with Gasteiger partial charge in [-0.25, -0.2) is 0 Å². The molecule has 0 atom stereocenters. The minimum Gasteiger partial charge on any atom is -0.486 e. The van der Waals surface area contributed by atoms with Crippen molar-refractivity contribution in [3.8, 4) is 11.5 Å². The zero-order valence-corrected chi connectivity index (χ0v) is 8.54. The average molecular weight is 193 g/mol. The third-order valence-corrected chi connectivity index (χ3v) is 2.37. The van der Waals surface area contributed by atoms with E-state index in [2.05, 4.69) is 13.8 Å². The number of nitrogen functional groups attached to an aromatic ring is 1. The van der Waals surface area contributed by atoms with E-state index in [9.17, 15) is 0 Å². The lowest BCUT2D eigenvalue weighted by molar-refractivity contribution is 0.171. The first-order chi connectivity index (χ1) is 6.68. The topological polar surface area (TPSA) is 44.5 Å². The van der Waals surface area contributed by atoms with Crippen LogP contribution in [-0.4, -0.2) is 13.2 Å². The van der Waals surface area contributed by atoms with Crippen LogP contribution in [0.25, 0.3) is 0 Å². The lowest BCUT2D eigenvalue weighted by Crippen LogP contribution is -2.16. The molecule has 0 aliphatic carbocycles. The van der Waals surface area contributed by atoms with Crippen LogP contribution in [0.15, 0.2) is 12.1 Å². The lowest BCUT2D eigenvalue weighted by atomic mass is 10.0. The summed E-state index contributed by atoms with van der Waals surface area (Å²) < 4.78 is 10.9.